The molecule has 5 rings (SSSR count). The molecule has 1 aliphatic rings. The number of nitrogens with one attached hydrogen (secondary N) is 3. The quantitative estimate of drug-likeness (QED) is 0.208. The van der Waals surface area contributed by atoms with Crippen LogP contribution in [0.4, 0.5) is 33.6 Å². The first-order valence-electron chi connectivity index (χ1n) is 12.8. The minimum Gasteiger partial charge on any atom is -0.435 e. The van der Waals surface area contributed by atoms with E-state index < -0.39 is 50.1 Å². The lowest BCUT2D eigenvalue weighted by Gasteiger charge is -2.23. The molecule has 1 fully saturated rings. The predicted molar refractivity (Wildman–Crippen MR) is 145 cm³/mol. The molecule has 10 nitrogen and oxygen atoms in total. The number of aromatic nitrogens is 3. The molecule has 3 N–H and O–H groups in total. The lowest BCUT2D eigenvalue weighted by Crippen LogP contribution is -2.38. The first-order chi connectivity index (χ1) is 20.5. The summed E-state index contributed by atoms with van der Waals surface area (Å²) in [5.41, 5.74) is -0.0661. The second kappa shape index (κ2) is 12.3. The van der Waals surface area contributed by atoms with Gasteiger partial charge in [0.15, 0.2) is 11.6 Å². The molecule has 3 heterocycles. The van der Waals surface area contributed by atoms with Gasteiger partial charge in [0.1, 0.15) is 5.75 Å². The summed E-state index contributed by atoms with van der Waals surface area (Å²) < 4.78 is 104. The molecule has 1 unspecified atom stereocenters. The molecule has 16 heteroatoms. The molecule has 1 saturated heterocycles. The second-order valence-electron chi connectivity index (χ2n) is 9.28. The maximum Gasteiger partial charge on any atom is 0.573 e. The Morgan fingerprint density at radius 2 is 1.81 bits per heavy atom. The van der Waals surface area contributed by atoms with Crippen LogP contribution in [-0.2, 0) is 10.0 Å². The van der Waals surface area contributed by atoms with Crippen LogP contribution < -0.4 is 24.8 Å². The van der Waals surface area contributed by atoms with Gasteiger partial charge in [-0.2, -0.15) is 4.39 Å². The molecule has 1 atom stereocenters. The van der Waals surface area contributed by atoms with Crippen LogP contribution in [0.15, 0.2) is 71.9 Å². The van der Waals surface area contributed by atoms with E-state index in [0.29, 0.717) is 23.3 Å². The van der Waals surface area contributed by atoms with Gasteiger partial charge in [-0.1, -0.05) is 6.07 Å². The molecule has 0 aliphatic carbocycles. The molecule has 0 radical (unpaired) electrons. The van der Waals surface area contributed by atoms with Crippen LogP contribution in [0.2, 0.25) is 0 Å². The van der Waals surface area contributed by atoms with Gasteiger partial charge in [0.05, 0.1) is 21.8 Å². The van der Waals surface area contributed by atoms with E-state index in [-0.39, 0.29) is 11.9 Å². The molecule has 0 saturated carbocycles. The van der Waals surface area contributed by atoms with Crippen molar-refractivity contribution in [2.24, 2.45) is 0 Å². The largest absolute Gasteiger partial charge is 0.573 e. The number of hydrogen-bond acceptors (Lipinski definition) is 9. The number of sulfonamides is 1. The highest BCUT2D eigenvalue weighted by molar-refractivity contribution is 7.92. The number of halogens is 5. The second-order valence-corrected chi connectivity index (χ2v) is 11.0. The number of benzene rings is 2. The molecule has 1 aliphatic heterocycles. The van der Waals surface area contributed by atoms with Crippen molar-refractivity contribution in [3.05, 3.63) is 78.6 Å². The third kappa shape index (κ3) is 7.45. The van der Waals surface area contributed by atoms with Crippen LogP contribution in [0.25, 0.3) is 11.3 Å². The maximum atomic E-state index is 15.1. The van der Waals surface area contributed by atoms with Gasteiger partial charge in [0.2, 0.25) is 17.6 Å². The molecule has 4 aromatic rings. The zero-order valence-corrected chi connectivity index (χ0v) is 22.8. The van der Waals surface area contributed by atoms with Crippen molar-refractivity contribution < 1.29 is 39.8 Å². The van der Waals surface area contributed by atoms with Gasteiger partial charge < -0.3 is 20.1 Å². The smallest absolute Gasteiger partial charge is 0.435 e. The molecule has 0 amide bonds. The van der Waals surface area contributed by atoms with Gasteiger partial charge in [-0.15, -0.1) is 13.2 Å². The summed E-state index contributed by atoms with van der Waals surface area (Å²) in [5.74, 6) is -4.32. The van der Waals surface area contributed by atoms with Crippen molar-refractivity contribution in [1.82, 2.24) is 20.3 Å². The van der Waals surface area contributed by atoms with Crippen molar-refractivity contribution >= 4 is 21.7 Å². The van der Waals surface area contributed by atoms with Crippen LogP contribution >= 0.6 is 0 Å². The van der Waals surface area contributed by atoms with Crippen molar-refractivity contribution in [1.29, 1.82) is 0 Å². The predicted octanol–water partition coefficient (Wildman–Crippen LogP) is 5.47. The number of pyridine rings is 1. The fraction of sp³-hybridized carbons (Fsp3) is 0.222. The molecule has 2 aromatic carbocycles. The Hall–Kier alpha value is -4.57. The molecule has 0 bridgehead atoms. The van der Waals surface area contributed by atoms with E-state index in [9.17, 15) is 21.6 Å². The summed E-state index contributed by atoms with van der Waals surface area (Å²) in [6.07, 6.45) is -0.209. The maximum absolute atomic E-state index is 15.1. The Morgan fingerprint density at radius 1 is 0.977 bits per heavy atom. The highest BCUT2D eigenvalue weighted by Crippen LogP contribution is 2.35. The Morgan fingerprint density at radius 3 is 2.58 bits per heavy atom. The number of alkyl halides is 3. The zero-order valence-electron chi connectivity index (χ0n) is 22.0. The van der Waals surface area contributed by atoms with Crippen molar-refractivity contribution in [2.75, 3.05) is 23.1 Å². The summed E-state index contributed by atoms with van der Waals surface area (Å²) in [6, 6.07) is 10.3. The summed E-state index contributed by atoms with van der Waals surface area (Å²) in [7, 11) is -4.64. The fourth-order valence-corrected chi connectivity index (χ4v) is 5.33. The average Bonchev–Trinajstić information content (AvgIpc) is 2.97. The number of rotatable bonds is 9. The number of anilines is 2. The Balaban J connectivity index is 1.36. The number of hydrogen-bond donors (Lipinski definition) is 3. The standard InChI is InChI=1S/C27H23F5N6O4S/c28-23-21(38-43(39,40)18-6-1-5-17(14-18)42-27(30,31)32)8-9-22(24(23)29)41-25-19(7-3-12-34-25)20-10-13-35-26(37-20)36-16-4-2-11-33-15-16/h1,3,5-10,12-14,16,33,38H,2,4,11,15H2,(H,35,36,37). The fourth-order valence-electron chi connectivity index (χ4n) is 4.24. The van der Waals surface area contributed by atoms with E-state index in [1.165, 1.54) is 12.4 Å². The van der Waals surface area contributed by atoms with Gasteiger partial charge in [0.25, 0.3) is 10.0 Å². The van der Waals surface area contributed by atoms with Crippen LogP contribution in [0.3, 0.4) is 0 Å². The molecule has 2 aromatic heterocycles. The normalized spacial score (nSPS) is 15.5. The van der Waals surface area contributed by atoms with Crippen LogP contribution in [0, 0.1) is 11.6 Å². The SMILES string of the molecule is O=S(=O)(Nc1ccc(Oc2ncccc2-c2ccnc(NC3CCCNC3)n2)c(F)c1F)c1cccc(OC(F)(F)F)c1. The van der Waals surface area contributed by atoms with Gasteiger partial charge in [0, 0.05) is 31.0 Å². The highest BCUT2D eigenvalue weighted by atomic mass is 32.2. The van der Waals surface area contributed by atoms with Crippen LogP contribution in [-0.4, -0.2) is 48.9 Å². The molecule has 43 heavy (non-hydrogen) atoms. The first-order valence-corrected chi connectivity index (χ1v) is 14.3. The van der Waals surface area contributed by atoms with E-state index in [1.807, 2.05) is 4.72 Å². The molecule has 226 valence electrons. The lowest BCUT2D eigenvalue weighted by atomic mass is 10.1. The topological polar surface area (TPSA) is 127 Å². The van der Waals surface area contributed by atoms with E-state index in [1.54, 1.807) is 18.2 Å². The highest BCUT2D eigenvalue weighted by Gasteiger charge is 2.32. The summed E-state index contributed by atoms with van der Waals surface area (Å²) in [4.78, 5) is 12.2. The minimum absolute atomic E-state index is 0.111. The summed E-state index contributed by atoms with van der Waals surface area (Å²) in [6.45, 7) is 1.69. The zero-order chi connectivity index (χ0) is 30.6. The molecule has 0 spiro atoms. The van der Waals surface area contributed by atoms with Crippen molar-refractivity contribution in [2.45, 2.75) is 30.1 Å². The average molecular weight is 623 g/mol. The van der Waals surface area contributed by atoms with E-state index in [2.05, 4.69) is 30.3 Å². The minimum atomic E-state index is -5.06. The van der Waals surface area contributed by atoms with Crippen molar-refractivity contribution in [3.63, 3.8) is 0 Å². The van der Waals surface area contributed by atoms with Gasteiger partial charge in [-0.05, 0) is 61.9 Å². The Kier molecular flexibility index (Phi) is 8.59. The Labute approximate surface area is 242 Å². The Bertz CT molecular complexity index is 1720. The summed E-state index contributed by atoms with van der Waals surface area (Å²) in [5, 5.41) is 6.55. The van der Waals surface area contributed by atoms with Gasteiger partial charge in [-0.25, -0.2) is 27.8 Å². The third-order valence-electron chi connectivity index (χ3n) is 6.18. The van der Waals surface area contributed by atoms with E-state index >= 15 is 8.78 Å². The summed E-state index contributed by atoms with van der Waals surface area (Å²) >= 11 is 0. The van der Waals surface area contributed by atoms with Gasteiger partial charge in [-0.3, -0.25) is 4.72 Å². The van der Waals surface area contributed by atoms with Gasteiger partial charge >= 0.3 is 6.36 Å². The van der Waals surface area contributed by atoms with Crippen LogP contribution in [0.5, 0.6) is 17.4 Å². The first kappa shape index (κ1) is 29.9. The third-order valence-corrected chi connectivity index (χ3v) is 7.54. The number of piperidine rings is 1. The van der Waals surface area contributed by atoms with E-state index in [4.69, 9.17) is 4.74 Å². The van der Waals surface area contributed by atoms with Crippen LogP contribution in [0.1, 0.15) is 12.8 Å². The van der Waals surface area contributed by atoms with Crippen molar-refractivity contribution in [3.8, 4) is 28.6 Å². The monoisotopic (exact) mass is 622 g/mol. The van der Waals surface area contributed by atoms with E-state index in [0.717, 1.165) is 56.3 Å². The lowest BCUT2D eigenvalue weighted by molar-refractivity contribution is -0.274. The number of nitrogens with zero attached hydrogens (tertiary/aromatic N) is 3. The number of ether oxygens (including phenoxy) is 2. The molecular weight excluding hydrogens is 599 g/mol. The molecular formula is C27H23F5N6O4S.